The number of benzene rings is 1. The molecule has 1 saturated heterocycles. The van der Waals surface area contributed by atoms with Gasteiger partial charge in [0.1, 0.15) is 6.04 Å². The standard InChI is InChI=1S/C17H25NO3/c1-20-14-7-6-12(11-15(14)21-2)16-13-5-3-4-8-17(13,19)9-10-18-16/h6-7,11,13,16,18-19H,3-5,8-10H2,1-2H3/p+1/t13-,16+,17+/m0/s1. The van der Waals surface area contributed by atoms with Crippen molar-refractivity contribution >= 4 is 0 Å². The Morgan fingerprint density at radius 3 is 2.71 bits per heavy atom. The second kappa shape index (κ2) is 5.85. The molecule has 3 atom stereocenters. The predicted octanol–water partition coefficient (Wildman–Crippen LogP) is 1.63. The number of ether oxygens (including phenoxy) is 2. The number of hydrogen-bond donors (Lipinski definition) is 2. The molecule has 2 aliphatic rings. The Morgan fingerprint density at radius 2 is 1.95 bits per heavy atom. The van der Waals surface area contributed by atoms with Gasteiger partial charge in [0.2, 0.25) is 0 Å². The van der Waals surface area contributed by atoms with E-state index >= 15 is 0 Å². The number of quaternary nitrogens is 1. The van der Waals surface area contributed by atoms with Crippen molar-refractivity contribution in [2.45, 2.75) is 43.7 Å². The maximum Gasteiger partial charge on any atom is 0.161 e. The van der Waals surface area contributed by atoms with Crippen LogP contribution in [0.5, 0.6) is 11.5 Å². The van der Waals surface area contributed by atoms with Crippen LogP contribution in [0.25, 0.3) is 0 Å². The van der Waals surface area contributed by atoms with E-state index in [2.05, 4.69) is 17.4 Å². The molecule has 21 heavy (non-hydrogen) atoms. The second-order valence-corrected chi connectivity index (χ2v) is 6.37. The summed E-state index contributed by atoms with van der Waals surface area (Å²) in [5.74, 6) is 1.88. The first kappa shape index (κ1) is 14.7. The maximum absolute atomic E-state index is 11.0. The van der Waals surface area contributed by atoms with E-state index in [0.29, 0.717) is 12.0 Å². The SMILES string of the molecule is COc1ccc([C@H]2[NH2+]CC[C@]3(O)CCCC[C@@H]23)cc1OC. The first-order chi connectivity index (χ1) is 10.2. The lowest BCUT2D eigenvalue weighted by Crippen LogP contribution is -2.91. The quantitative estimate of drug-likeness (QED) is 0.890. The van der Waals surface area contributed by atoms with Crippen molar-refractivity contribution in [2.75, 3.05) is 20.8 Å². The van der Waals surface area contributed by atoms with Gasteiger partial charge >= 0.3 is 0 Å². The minimum absolute atomic E-state index is 0.323. The highest BCUT2D eigenvalue weighted by atomic mass is 16.5. The molecule has 4 heteroatoms. The Kier molecular flexibility index (Phi) is 4.09. The summed E-state index contributed by atoms with van der Waals surface area (Å²) in [6.45, 7) is 0.992. The molecule has 0 amide bonds. The van der Waals surface area contributed by atoms with E-state index in [1.54, 1.807) is 14.2 Å². The van der Waals surface area contributed by atoms with Crippen molar-refractivity contribution in [3.05, 3.63) is 23.8 Å². The van der Waals surface area contributed by atoms with Crippen molar-refractivity contribution in [1.82, 2.24) is 0 Å². The number of rotatable bonds is 3. The fourth-order valence-electron chi connectivity index (χ4n) is 4.18. The molecule has 0 bridgehead atoms. The highest BCUT2D eigenvalue weighted by molar-refractivity contribution is 5.43. The predicted molar refractivity (Wildman–Crippen MR) is 80.6 cm³/mol. The lowest BCUT2D eigenvalue weighted by Gasteiger charge is -2.46. The normalized spacial score (nSPS) is 32.3. The molecule has 1 aliphatic heterocycles. The zero-order valence-corrected chi connectivity index (χ0v) is 13.0. The largest absolute Gasteiger partial charge is 0.493 e. The third-order valence-electron chi connectivity index (χ3n) is 5.29. The highest BCUT2D eigenvalue weighted by Crippen LogP contribution is 2.44. The van der Waals surface area contributed by atoms with E-state index < -0.39 is 5.60 Å². The molecule has 1 heterocycles. The van der Waals surface area contributed by atoms with Crippen molar-refractivity contribution < 1.29 is 19.9 Å². The minimum atomic E-state index is -0.467. The van der Waals surface area contributed by atoms with Gasteiger partial charge in [0, 0.05) is 17.9 Å². The molecule has 0 aromatic heterocycles. The molecule has 0 radical (unpaired) electrons. The molecule has 1 aliphatic carbocycles. The molecular formula is C17H26NO3+. The number of piperidine rings is 1. The molecular weight excluding hydrogens is 266 g/mol. The summed E-state index contributed by atoms with van der Waals surface area (Å²) in [5, 5.41) is 13.4. The number of hydrogen-bond acceptors (Lipinski definition) is 3. The Balaban J connectivity index is 1.91. The van der Waals surface area contributed by atoms with Crippen molar-refractivity contribution in [2.24, 2.45) is 5.92 Å². The van der Waals surface area contributed by atoms with E-state index in [-0.39, 0.29) is 0 Å². The van der Waals surface area contributed by atoms with Gasteiger partial charge in [0.15, 0.2) is 11.5 Å². The van der Waals surface area contributed by atoms with Gasteiger partial charge in [-0.05, 0) is 31.0 Å². The lowest BCUT2D eigenvalue weighted by molar-refractivity contribution is -0.719. The summed E-state index contributed by atoms with van der Waals surface area (Å²) in [6, 6.07) is 6.48. The van der Waals surface area contributed by atoms with Gasteiger partial charge in [-0.3, -0.25) is 0 Å². The average molecular weight is 292 g/mol. The molecule has 1 saturated carbocycles. The first-order valence-corrected chi connectivity index (χ1v) is 7.95. The fraction of sp³-hybridized carbons (Fsp3) is 0.647. The van der Waals surface area contributed by atoms with Crippen LogP contribution in [-0.4, -0.2) is 31.5 Å². The van der Waals surface area contributed by atoms with E-state index in [0.717, 1.165) is 43.7 Å². The molecule has 1 aromatic carbocycles. The third kappa shape index (κ3) is 2.62. The smallest absolute Gasteiger partial charge is 0.161 e. The van der Waals surface area contributed by atoms with Gasteiger partial charge < -0.3 is 19.9 Å². The summed E-state index contributed by atoms with van der Waals surface area (Å²) >= 11 is 0. The average Bonchev–Trinajstić information content (AvgIpc) is 2.53. The summed E-state index contributed by atoms with van der Waals surface area (Å²) in [7, 11) is 3.33. The van der Waals surface area contributed by atoms with E-state index in [1.807, 2.05) is 6.07 Å². The zero-order valence-electron chi connectivity index (χ0n) is 13.0. The van der Waals surface area contributed by atoms with E-state index in [4.69, 9.17) is 9.47 Å². The summed E-state index contributed by atoms with van der Waals surface area (Å²) in [6.07, 6.45) is 5.37. The lowest BCUT2D eigenvalue weighted by atomic mass is 9.67. The second-order valence-electron chi connectivity index (χ2n) is 6.37. The summed E-state index contributed by atoms with van der Waals surface area (Å²) in [4.78, 5) is 0. The van der Waals surface area contributed by atoms with Gasteiger partial charge in [-0.2, -0.15) is 0 Å². The molecule has 116 valence electrons. The van der Waals surface area contributed by atoms with Crippen LogP contribution < -0.4 is 14.8 Å². The molecule has 3 N–H and O–H groups in total. The Morgan fingerprint density at radius 1 is 1.14 bits per heavy atom. The van der Waals surface area contributed by atoms with Crippen LogP contribution in [0.1, 0.15) is 43.7 Å². The zero-order chi connectivity index (χ0) is 14.9. The van der Waals surface area contributed by atoms with Crippen molar-refractivity contribution in [1.29, 1.82) is 0 Å². The number of fused-ring (bicyclic) bond motifs is 1. The van der Waals surface area contributed by atoms with E-state index in [1.165, 1.54) is 12.0 Å². The molecule has 0 unspecified atom stereocenters. The minimum Gasteiger partial charge on any atom is -0.493 e. The Labute approximate surface area is 126 Å². The van der Waals surface area contributed by atoms with Gasteiger partial charge in [0.05, 0.1) is 26.4 Å². The van der Waals surface area contributed by atoms with E-state index in [9.17, 15) is 5.11 Å². The topological polar surface area (TPSA) is 55.3 Å². The van der Waals surface area contributed by atoms with Crippen molar-refractivity contribution in [3.63, 3.8) is 0 Å². The van der Waals surface area contributed by atoms with Gasteiger partial charge in [-0.1, -0.05) is 12.8 Å². The number of aliphatic hydroxyl groups is 1. The van der Waals surface area contributed by atoms with Crippen LogP contribution in [0.15, 0.2) is 18.2 Å². The number of nitrogens with two attached hydrogens (primary N) is 1. The first-order valence-electron chi connectivity index (χ1n) is 7.95. The maximum atomic E-state index is 11.0. The van der Waals surface area contributed by atoms with Crippen molar-refractivity contribution in [3.8, 4) is 11.5 Å². The summed E-state index contributed by atoms with van der Waals surface area (Å²) in [5.41, 5.74) is 0.767. The van der Waals surface area contributed by atoms with Crippen LogP contribution in [0.4, 0.5) is 0 Å². The molecule has 0 spiro atoms. The van der Waals surface area contributed by atoms with Gasteiger partial charge in [-0.15, -0.1) is 0 Å². The highest BCUT2D eigenvalue weighted by Gasteiger charge is 2.48. The molecule has 1 aromatic rings. The van der Waals surface area contributed by atoms with Gasteiger partial charge in [-0.25, -0.2) is 0 Å². The molecule has 4 nitrogen and oxygen atoms in total. The molecule has 3 rings (SSSR count). The molecule has 2 fully saturated rings. The Hall–Kier alpha value is -1.26. The van der Waals surface area contributed by atoms with Crippen LogP contribution in [0.3, 0.4) is 0 Å². The number of methoxy groups -OCH3 is 2. The Bertz CT molecular complexity index is 501. The third-order valence-corrected chi connectivity index (χ3v) is 5.29. The monoisotopic (exact) mass is 292 g/mol. The van der Waals surface area contributed by atoms with Crippen LogP contribution in [-0.2, 0) is 0 Å². The fourth-order valence-corrected chi connectivity index (χ4v) is 4.18. The summed E-state index contributed by atoms with van der Waals surface area (Å²) < 4.78 is 10.7. The van der Waals surface area contributed by atoms with Crippen LogP contribution in [0, 0.1) is 5.92 Å². The van der Waals surface area contributed by atoms with Gasteiger partial charge in [0.25, 0.3) is 0 Å². The van der Waals surface area contributed by atoms with Crippen LogP contribution >= 0.6 is 0 Å². The van der Waals surface area contributed by atoms with Crippen LogP contribution in [0.2, 0.25) is 0 Å².